The fourth-order valence-corrected chi connectivity index (χ4v) is 1.50. The van der Waals surface area contributed by atoms with E-state index in [1.165, 1.54) is 0 Å². The number of hydrogen-bond acceptors (Lipinski definition) is 3. The summed E-state index contributed by atoms with van der Waals surface area (Å²) in [6.45, 7) is 6.17. The van der Waals surface area contributed by atoms with E-state index in [2.05, 4.69) is 11.9 Å². The van der Waals surface area contributed by atoms with Crippen molar-refractivity contribution in [1.29, 1.82) is 0 Å². The van der Waals surface area contributed by atoms with Gasteiger partial charge in [0.2, 0.25) is 0 Å². The molecule has 6 nitrogen and oxygen atoms in total. The lowest BCUT2D eigenvalue weighted by Crippen LogP contribution is -2.65. The molecule has 1 fully saturated rings. The van der Waals surface area contributed by atoms with Crippen LogP contribution in [0.3, 0.4) is 0 Å². The molecule has 0 unspecified atom stereocenters. The molecule has 0 aromatic carbocycles. The SMILES string of the molecule is C=CCNC(=O)N1CC(C)(OCC(=O)O)C1. The lowest BCUT2D eigenvalue weighted by Gasteiger charge is -2.46. The third kappa shape index (κ3) is 3.23. The Morgan fingerprint density at radius 3 is 2.75 bits per heavy atom. The largest absolute Gasteiger partial charge is 0.480 e. The third-order valence-corrected chi connectivity index (χ3v) is 2.28. The molecule has 0 bridgehead atoms. The fraction of sp³-hybridized carbons (Fsp3) is 0.600. The van der Waals surface area contributed by atoms with Gasteiger partial charge in [-0.3, -0.25) is 0 Å². The number of nitrogens with zero attached hydrogens (tertiary/aromatic N) is 1. The molecule has 1 saturated heterocycles. The number of ether oxygens (including phenoxy) is 1. The van der Waals surface area contributed by atoms with Crippen LogP contribution in [0.2, 0.25) is 0 Å². The number of carboxylic acid groups (broad SMARTS) is 1. The van der Waals surface area contributed by atoms with Crippen LogP contribution in [0.15, 0.2) is 12.7 Å². The van der Waals surface area contributed by atoms with Crippen LogP contribution in [0.5, 0.6) is 0 Å². The predicted molar refractivity (Wildman–Crippen MR) is 57.2 cm³/mol. The Morgan fingerprint density at radius 2 is 2.25 bits per heavy atom. The van der Waals surface area contributed by atoms with Crippen LogP contribution in [-0.4, -0.2) is 53.8 Å². The van der Waals surface area contributed by atoms with Gasteiger partial charge in [-0.1, -0.05) is 6.08 Å². The van der Waals surface area contributed by atoms with E-state index in [-0.39, 0.29) is 12.6 Å². The number of carbonyl (C=O) groups excluding carboxylic acids is 1. The Morgan fingerprint density at radius 1 is 1.62 bits per heavy atom. The molecule has 1 aliphatic heterocycles. The van der Waals surface area contributed by atoms with Crippen LogP contribution in [0, 0.1) is 0 Å². The van der Waals surface area contributed by atoms with Crippen LogP contribution in [0.1, 0.15) is 6.92 Å². The summed E-state index contributed by atoms with van der Waals surface area (Å²) >= 11 is 0. The molecule has 0 radical (unpaired) electrons. The lowest BCUT2D eigenvalue weighted by atomic mass is 9.97. The summed E-state index contributed by atoms with van der Waals surface area (Å²) in [5.74, 6) is -1.00. The molecule has 1 heterocycles. The highest BCUT2D eigenvalue weighted by atomic mass is 16.5. The summed E-state index contributed by atoms with van der Waals surface area (Å²) in [5, 5.41) is 11.1. The van der Waals surface area contributed by atoms with Gasteiger partial charge in [-0.05, 0) is 6.92 Å². The van der Waals surface area contributed by atoms with E-state index < -0.39 is 11.6 Å². The van der Waals surface area contributed by atoms with Crippen molar-refractivity contribution in [2.45, 2.75) is 12.5 Å². The highest BCUT2D eigenvalue weighted by molar-refractivity contribution is 5.75. The van der Waals surface area contributed by atoms with Gasteiger partial charge in [-0.25, -0.2) is 9.59 Å². The lowest BCUT2D eigenvalue weighted by molar-refractivity contribution is -0.159. The van der Waals surface area contributed by atoms with Crippen molar-refractivity contribution in [3.8, 4) is 0 Å². The van der Waals surface area contributed by atoms with Crippen molar-refractivity contribution in [3.05, 3.63) is 12.7 Å². The second-order valence-electron chi connectivity index (χ2n) is 3.96. The van der Waals surface area contributed by atoms with Gasteiger partial charge in [0.1, 0.15) is 12.2 Å². The summed E-state index contributed by atoms with van der Waals surface area (Å²) in [6.07, 6.45) is 1.60. The minimum atomic E-state index is -1.00. The van der Waals surface area contributed by atoms with Crippen LogP contribution in [0.25, 0.3) is 0 Å². The molecule has 1 aliphatic rings. The topological polar surface area (TPSA) is 78.9 Å². The summed E-state index contributed by atoms with van der Waals surface area (Å²) in [7, 11) is 0. The van der Waals surface area contributed by atoms with E-state index in [1.54, 1.807) is 17.9 Å². The second kappa shape index (κ2) is 4.98. The average Bonchev–Trinajstić information content (AvgIpc) is 2.19. The number of amides is 2. The molecule has 0 aliphatic carbocycles. The predicted octanol–water partition coefficient (Wildman–Crippen LogP) is 0.0575. The Labute approximate surface area is 93.9 Å². The Hall–Kier alpha value is -1.56. The molecule has 0 spiro atoms. The number of aliphatic carboxylic acids is 1. The van der Waals surface area contributed by atoms with Crippen molar-refractivity contribution in [3.63, 3.8) is 0 Å². The number of carbonyl (C=O) groups is 2. The number of carboxylic acids is 1. The van der Waals surface area contributed by atoms with Crippen molar-refractivity contribution < 1.29 is 19.4 Å². The maximum atomic E-state index is 11.4. The minimum absolute atomic E-state index is 0.184. The van der Waals surface area contributed by atoms with E-state index in [0.29, 0.717) is 19.6 Å². The summed E-state index contributed by atoms with van der Waals surface area (Å²) in [4.78, 5) is 23.3. The zero-order chi connectivity index (χ0) is 12.2. The number of likely N-dealkylation sites (tertiary alicyclic amines) is 1. The Balaban J connectivity index is 2.27. The molecule has 0 aromatic heterocycles. The van der Waals surface area contributed by atoms with Crippen molar-refractivity contribution in [2.24, 2.45) is 0 Å². The zero-order valence-corrected chi connectivity index (χ0v) is 9.23. The number of rotatable bonds is 5. The van der Waals surface area contributed by atoms with Gasteiger partial charge in [-0.15, -0.1) is 6.58 Å². The van der Waals surface area contributed by atoms with Gasteiger partial charge >= 0.3 is 12.0 Å². The smallest absolute Gasteiger partial charge is 0.329 e. The van der Waals surface area contributed by atoms with Crippen LogP contribution >= 0.6 is 0 Å². The first-order chi connectivity index (χ1) is 7.47. The standard InChI is InChI=1S/C10H16N2O4/c1-3-4-11-9(15)12-6-10(2,7-12)16-5-8(13)14/h3H,1,4-7H2,2H3,(H,11,15)(H,13,14). The Bertz CT molecular complexity index is 297. The second-order valence-corrected chi connectivity index (χ2v) is 3.96. The molecule has 0 aromatic rings. The molecule has 0 atom stereocenters. The fourth-order valence-electron chi connectivity index (χ4n) is 1.50. The average molecular weight is 228 g/mol. The summed E-state index contributed by atoms with van der Waals surface area (Å²) in [5.41, 5.74) is -0.538. The van der Waals surface area contributed by atoms with Gasteiger partial charge in [0.15, 0.2) is 0 Å². The molecule has 2 amide bonds. The molecule has 90 valence electrons. The number of nitrogens with one attached hydrogen (secondary N) is 1. The maximum Gasteiger partial charge on any atom is 0.329 e. The van der Waals surface area contributed by atoms with Crippen molar-refractivity contribution >= 4 is 12.0 Å². The number of hydrogen-bond donors (Lipinski definition) is 2. The van der Waals surface area contributed by atoms with Gasteiger partial charge in [0.25, 0.3) is 0 Å². The van der Waals surface area contributed by atoms with Gasteiger partial charge < -0.3 is 20.1 Å². The highest BCUT2D eigenvalue weighted by Crippen LogP contribution is 2.24. The summed E-state index contributed by atoms with van der Waals surface area (Å²) in [6, 6.07) is -0.184. The van der Waals surface area contributed by atoms with E-state index >= 15 is 0 Å². The molecule has 2 N–H and O–H groups in total. The molecular weight excluding hydrogens is 212 g/mol. The molecule has 16 heavy (non-hydrogen) atoms. The number of urea groups is 1. The van der Waals surface area contributed by atoms with Gasteiger partial charge in [0.05, 0.1) is 13.1 Å². The maximum absolute atomic E-state index is 11.4. The molecule has 0 saturated carbocycles. The van der Waals surface area contributed by atoms with Crippen LogP contribution < -0.4 is 5.32 Å². The van der Waals surface area contributed by atoms with Crippen LogP contribution in [0.4, 0.5) is 4.79 Å². The van der Waals surface area contributed by atoms with E-state index in [1.807, 2.05) is 0 Å². The first kappa shape index (κ1) is 12.5. The van der Waals surface area contributed by atoms with Gasteiger partial charge in [-0.2, -0.15) is 0 Å². The van der Waals surface area contributed by atoms with Crippen LogP contribution in [-0.2, 0) is 9.53 Å². The van der Waals surface area contributed by atoms with Gasteiger partial charge in [0, 0.05) is 6.54 Å². The highest BCUT2D eigenvalue weighted by Gasteiger charge is 2.42. The minimum Gasteiger partial charge on any atom is -0.480 e. The summed E-state index contributed by atoms with van der Waals surface area (Å²) < 4.78 is 5.17. The normalized spacial score (nSPS) is 17.4. The van der Waals surface area contributed by atoms with Crippen molar-refractivity contribution in [2.75, 3.05) is 26.2 Å². The quantitative estimate of drug-likeness (QED) is 0.652. The zero-order valence-electron chi connectivity index (χ0n) is 9.23. The first-order valence-corrected chi connectivity index (χ1v) is 4.96. The third-order valence-electron chi connectivity index (χ3n) is 2.28. The monoisotopic (exact) mass is 228 g/mol. The van der Waals surface area contributed by atoms with E-state index in [4.69, 9.17) is 9.84 Å². The molecule has 1 rings (SSSR count). The molecular formula is C10H16N2O4. The Kier molecular flexibility index (Phi) is 3.89. The van der Waals surface area contributed by atoms with E-state index in [0.717, 1.165) is 0 Å². The van der Waals surface area contributed by atoms with E-state index in [9.17, 15) is 9.59 Å². The first-order valence-electron chi connectivity index (χ1n) is 4.96. The van der Waals surface area contributed by atoms with Crippen molar-refractivity contribution in [1.82, 2.24) is 10.2 Å². The molecule has 6 heteroatoms.